The van der Waals surface area contributed by atoms with Crippen LogP contribution >= 0.6 is 46.4 Å². The highest BCUT2D eigenvalue weighted by Gasteiger charge is 2.29. The molecule has 0 aliphatic carbocycles. The number of fused-ring (bicyclic) bond motifs is 2. The van der Waals surface area contributed by atoms with Crippen LogP contribution in [0.2, 0.25) is 20.1 Å². The van der Waals surface area contributed by atoms with Gasteiger partial charge in [0.05, 0.1) is 62.6 Å². The van der Waals surface area contributed by atoms with Gasteiger partial charge in [-0.25, -0.2) is 35.9 Å². The molecule has 0 saturated heterocycles. The van der Waals surface area contributed by atoms with E-state index in [0.717, 1.165) is 33.4 Å². The Labute approximate surface area is 448 Å². The molecule has 6 rings (SSSR count). The highest BCUT2D eigenvalue weighted by Crippen LogP contribution is 2.39. The van der Waals surface area contributed by atoms with E-state index in [9.17, 15) is 26.4 Å². The average molecular weight is 1130 g/mol. The molecule has 73 heavy (non-hydrogen) atoms. The lowest BCUT2D eigenvalue weighted by molar-refractivity contribution is 0.0516. The zero-order valence-corrected chi connectivity index (χ0v) is 45.2. The largest absolute Gasteiger partial charge is 0.378 e. The number of nitrogens with one attached hydrogen (secondary N) is 7. The Bertz CT molecular complexity index is 2690. The normalized spacial score (nSPS) is 15.8. The number of nitrogens with zero attached hydrogens (tertiary/aromatic N) is 1. The number of benzene rings is 4. The lowest BCUT2D eigenvalue weighted by Crippen LogP contribution is -2.39. The number of likely N-dealkylation sites (N-methyl/N-ethyl adjacent to an activating group) is 1. The third kappa shape index (κ3) is 18.5. The predicted molar refractivity (Wildman–Crippen MR) is 283 cm³/mol. The van der Waals surface area contributed by atoms with Gasteiger partial charge in [0, 0.05) is 97.4 Å². The van der Waals surface area contributed by atoms with E-state index in [1.807, 2.05) is 31.3 Å². The summed E-state index contributed by atoms with van der Waals surface area (Å²) in [4.78, 5) is 26.6. The summed E-state index contributed by atoms with van der Waals surface area (Å²) in [6, 6.07) is 20.3. The minimum Gasteiger partial charge on any atom is -0.378 e. The van der Waals surface area contributed by atoms with Gasteiger partial charge in [-0.1, -0.05) is 70.7 Å². The van der Waals surface area contributed by atoms with Gasteiger partial charge >= 0.3 is 12.1 Å². The summed E-state index contributed by atoms with van der Waals surface area (Å²) in [5.74, 6) is -0.204. The van der Waals surface area contributed by atoms with Gasteiger partial charge in [-0.05, 0) is 102 Å². The number of unbranched alkanes of at least 4 members (excludes halogenated alkanes) is 1. The van der Waals surface area contributed by atoms with Crippen LogP contribution in [0.15, 0.2) is 82.6 Å². The number of urea groups is 2. The molecule has 0 fully saturated rings. The first kappa shape index (κ1) is 58.4. The van der Waals surface area contributed by atoms with Gasteiger partial charge in [0.2, 0.25) is 20.0 Å². The summed E-state index contributed by atoms with van der Waals surface area (Å²) in [6.07, 6.45) is 1.31. The first-order valence-corrected chi connectivity index (χ1v) is 28.5. The van der Waals surface area contributed by atoms with Crippen LogP contribution in [0.25, 0.3) is 0 Å². The van der Waals surface area contributed by atoms with Gasteiger partial charge in [-0.3, -0.25) is 0 Å². The molecule has 2 aliphatic rings. The molecule has 4 aromatic carbocycles. The Balaban J connectivity index is 0.703. The van der Waals surface area contributed by atoms with E-state index in [0.29, 0.717) is 72.2 Å². The van der Waals surface area contributed by atoms with Gasteiger partial charge in [-0.15, -0.1) is 0 Å². The average Bonchev–Trinajstić information content (AvgIpc) is 3.36. The molecule has 0 unspecified atom stereocenters. The van der Waals surface area contributed by atoms with Gasteiger partial charge < -0.3 is 50.4 Å². The second-order valence-corrected chi connectivity index (χ2v) is 22.5. The number of carbonyl (C=O) groups excluding carboxylic acids is 2. The van der Waals surface area contributed by atoms with Crippen molar-refractivity contribution < 1.29 is 45.4 Å². The molecule has 2 atom stereocenters. The quantitative estimate of drug-likeness (QED) is 0.0320. The van der Waals surface area contributed by atoms with Crippen molar-refractivity contribution in [3.05, 3.63) is 126 Å². The van der Waals surface area contributed by atoms with Crippen LogP contribution in [0, 0.1) is 0 Å². The van der Waals surface area contributed by atoms with Crippen LogP contribution in [-0.2, 0) is 52.1 Å². The number of amides is 4. The van der Waals surface area contributed by atoms with Crippen molar-refractivity contribution in [1.82, 2.24) is 40.9 Å². The van der Waals surface area contributed by atoms with Crippen LogP contribution in [-0.4, -0.2) is 146 Å². The fourth-order valence-electron chi connectivity index (χ4n) is 8.36. The van der Waals surface area contributed by atoms with Crippen LogP contribution in [0.1, 0.15) is 58.1 Å². The first-order valence-electron chi connectivity index (χ1n) is 24.0. The fraction of sp³-hybridized carbons (Fsp3) is 0.469. The Kier molecular flexibility index (Phi) is 23.6. The molecule has 0 radical (unpaired) electrons. The highest BCUT2D eigenvalue weighted by molar-refractivity contribution is 7.89. The molecule has 0 saturated carbocycles. The van der Waals surface area contributed by atoms with E-state index < -0.39 is 20.0 Å². The molecular formula is C49H64Cl4N8O10S2. The summed E-state index contributed by atoms with van der Waals surface area (Å²) in [7, 11) is -5.58. The second-order valence-electron chi connectivity index (χ2n) is 17.3. The number of rotatable bonds is 29. The van der Waals surface area contributed by atoms with Crippen LogP contribution < -0.4 is 36.0 Å². The number of ether oxygens (including phenoxy) is 4. The van der Waals surface area contributed by atoms with E-state index >= 15 is 0 Å². The molecule has 24 heteroatoms. The summed E-state index contributed by atoms with van der Waals surface area (Å²) in [5.41, 5.74) is 5.60. The number of halogens is 4. The molecule has 400 valence electrons. The van der Waals surface area contributed by atoms with E-state index in [2.05, 4.69) is 40.9 Å². The molecule has 2 aliphatic heterocycles. The molecule has 4 amide bonds. The Morgan fingerprint density at radius 2 is 1.01 bits per heavy atom. The summed E-state index contributed by atoms with van der Waals surface area (Å²) in [6.45, 7) is 6.05. The maximum atomic E-state index is 13.1. The Morgan fingerprint density at radius 3 is 1.52 bits per heavy atom. The second kappa shape index (κ2) is 29.5. The van der Waals surface area contributed by atoms with Crippen molar-refractivity contribution in [2.75, 3.05) is 112 Å². The first-order chi connectivity index (χ1) is 35.1. The molecule has 0 spiro atoms. The van der Waals surface area contributed by atoms with E-state index in [4.69, 9.17) is 65.4 Å². The molecule has 0 aromatic heterocycles. The van der Waals surface area contributed by atoms with E-state index in [-0.39, 0.29) is 113 Å². The fourth-order valence-corrected chi connectivity index (χ4v) is 11.6. The standard InChI is InChI=1S/C49H64Cl4N8O10S2/c1-61-32-44(41-27-37(51)29-47(53)45(41)33-61)35-7-5-9-39(25-35)73(66,67)60-15-19-71-23-21-69-17-13-58-49(63)56-11-3-2-10-55-48(62)57-12-16-68-20-22-70-18-14-59-72(64,65)38-8-4-6-34(24-38)42-30-54-31-43-40(42)26-36(50)28-46(43)52/h4-9,24-29,42,44,54,59-60H,2-3,10-23,30-33H2,1H3,(H2,55,57,62)(H2,56,58,63)/t42-,44-/m0/s1. The van der Waals surface area contributed by atoms with Crippen molar-refractivity contribution in [3.8, 4) is 0 Å². The molecule has 18 nitrogen and oxygen atoms in total. The minimum absolute atomic E-state index is 0.0774. The van der Waals surface area contributed by atoms with Crippen LogP contribution in [0.5, 0.6) is 0 Å². The molecule has 2 heterocycles. The van der Waals surface area contributed by atoms with E-state index in [1.54, 1.807) is 48.5 Å². The summed E-state index contributed by atoms with van der Waals surface area (Å²) in [5, 5.41) is 16.5. The monoisotopic (exact) mass is 1130 g/mol. The maximum Gasteiger partial charge on any atom is 0.314 e. The predicted octanol–water partition coefficient (Wildman–Crippen LogP) is 5.81. The summed E-state index contributed by atoms with van der Waals surface area (Å²) < 4.78 is 79.6. The van der Waals surface area contributed by atoms with Gasteiger partial charge in [-0.2, -0.15) is 0 Å². The van der Waals surface area contributed by atoms with Crippen molar-refractivity contribution in [1.29, 1.82) is 0 Å². The maximum absolute atomic E-state index is 13.1. The molecular weight excluding hydrogens is 1070 g/mol. The number of carbonyl (C=O) groups is 2. The zero-order chi connectivity index (χ0) is 52.2. The Hall–Kier alpha value is -3.84. The zero-order valence-electron chi connectivity index (χ0n) is 40.6. The van der Waals surface area contributed by atoms with Gasteiger partial charge in [0.1, 0.15) is 0 Å². The van der Waals surface area contributed by atoms with Crippen LogP contribution in [0.3, 0.4) is 0 Å². The number of hydrogen-bond donors (Lipinski definition) is 7. The Morgan fingerprint density at radius 1 is 0.575 bits per heavy atom. The smallest absolute Gasteiger partial charge is 0.314 e. The lowest BCUT2D eigenvalue weighted by Gasteiger charge is -2.33. The number of sulfonamides is 2. The summed E-state index contributed by atoms with van der Waals surface area (Å²) >= 11 is 25.6. The van der Waals surface area contributed by atoms with Crippen LogP contribution in [0.4, 0.5) is 9.59 Å². The topological polar surface area (TPSA) is 227 Å². The van der Waals surface area contributed by atoms with Gasteiger partial charge in [0.15, 0.2) is 0 Å². The SMILES string of the molecule is CN1Cc2c(Cl)cc(Cl)cc2[C@H](c2cccc(S(=O)(=O)NCCOCCOCCNC(=O)NCCCCNC(=O)NCCOCCOCCNS(=O)(=O)c3cccc([C@@H]4CNCc5c(Cl)cc(Cl)cc54)c3)c2)C1. The van der Waals surface area contributed by atoms with Gasteiger partial charge in [0.25, 0.3) is 0 Å². The third-order valence-electron chi connectivity index (χ3n) is 11.9. The van der Waals surface area contributed by atoms with Crippen molar-refractivity contribution in [2.45, 2.75) is 47.6 Å². The minimum atomic E-state index is -3.79. The highest BCUT2D eigenvalue weighted by atomic mass is 35.5. The molecule has 7 N–H and O–H groups in total. The van der Waals surface area contributed by atoms with Crippen molar-refractivity contribution in [3.63, 3.8) is 0 Å². The number of hydrogen-bond acceptors (Lipinski definition) is 12. The molecule has 4 aromatic rings. The molecule has 0 bridgehead atoms. The third-order valence-corrected chi connectivity index (χ3v) is 15.9. The lowest BCUT2D eigenvalue weighted by atomic mass is 9.85. The van der Waals surface area contributed by atoms with Crippen molar-refractivity contribution in [2.24, 2.45) is 0 Å². The van der Waals surface area contributed by atoms with Crippen molar-refractivity contribution >= 4 is 78.5 Å². The van der Waals surface area contributed by atoms with E-state index in [1.165, 1.54) is 0 Å².